The van der Waals surface area contributed by atoms with E-state index in [-0.39, 0.29) is 6.10 Å². The molecule has 0 aromatic heterocycles. The van der Waals surface area contributed by atoms with Crippen molar-refractivity contribution in [1.29, 1.82) is 0 Å². The van der Waals surface area contributed by atoms with E-state index in [4.69, 9.17) is 14.3 Å². The maximum absolute atomic E-state index is 8.82. The lowest BCUT2D eigenvalue weighted by Crippen LogP contribution is -2.27. The normalized spacial score (nSPS) is 33.6. The molecule has 0 aromatic rings. The van der Waals surface area contributed by atoms with Crippen molar-refractivity contribution in [2.75, 3.05) is 0 Å². The molecule has 0 bridgehead atoms. The maximum atomic E-state index is 8.82. The number of hydrogen-bond donors (Lipinski definition) is 2. The van der Waals surface area contributed by atoms with Crippen LogP contribution in [0.3, 0.4) is 0 Å². The fourth-order valence-corrected chi connectivity index (χ4v) is 2.83. The lowest BCUT2D eigenvalue weighted by Gasteiger charge is -2.33. The van der Waals surface area contributed by atoms with Gasteiger partial charge in [0.05, 0.1) is 6.10 Å². The summed E-state index contributed by atoms with van der Waals surface area (Å²) in [7, 11) is -2.17. The Morgan fingerprint density at radius 3 is 1.93 bits per heavy atom. The summed E-state index contributed by atoms with van der Waals surface area (Å²) in [6, 6.07) is 0. The Morgan fingerprint density at radius 2 is 1.57 bits per heavy atom. The molecule has 4 heteroatoms. The molecule has 0 aliphatic heterocycles. The van der Waals surface area contributed by atoms with E-state index in [1.807, 2.05) is 0 Å². The smallest absolute Gasteiger partial charge is 0.327 e. The third kappa shape index (κ3) is 3.82. The summed E-state index contributed by atoms with van der Waals surface area (Å²) in [5.41, 5.74) is 0. The summed E-state index contributed by atoms with van der Waals surface area (Å²) in [5.74, 6) is 1.40. The molecule has 0 unspecified atom stereocenters. The molecule has 3 atom stereocenters. The summed E-state index contributed by atoms with van der Waals surface area (Å²) >= 11 is 0. The Labute approximate surface area is 87.5 Å². The van der Waals surface area contributed by atoms with Crippen molar-refractivity contribution in [1.82, 2.24) is 0 Å². The second kappa shape index (κ2) is 6.02. The van der Waals surface area contributed by atoms with Crippen LogP contribution in [0.1, 0.15) is 46.0 Å². The molecule has 14 heavy (non-hydrogen) atoms. The predicted octanol–water partition coefficient (Wildman–Crippen LogP) is 2.82. The van der Waals surface area contributed by atoms with Crippen LogP contribution in [-0.2, 0) is 4.52 Å². The Morgan fingerprint density at radius 1 is 1.07 bits per heavy atom. The molecule has 0 saturated heterocycles. The summed E-state index contributed by atoms with van der Waals surface area (Å²) in [6.07, 6.45) is 5.68. The highest BCUT2D eigenvalue weighted by Crippen LogP contribution is 2.39. The van der Waals surface area contributed by atoms with Crippen LogP contribution in [0.15, 0.2) is 0 Å². The second-order valence-corrected chi connectivity index (χ2v) is 4.95. The quantitative estimate of drug-likeness (QED) is 0.716. The summed E-state index contributed by atoms with van der Waals surface area (Å²) < 4.78 is 5.13. The van der Waals surface area contributed by atoms with E-state index in [9.17, 15) is 0 Å². The van der Waals surface area contributed by atoms with Crippen LogP contribution in [0.2, 0.25) is 0 Å². The third-order valence-corrected chi connectivity index (χ3v) is 3.74. The molecule has 1 saturated carbocycles. The van der Waals surface area contributed by atoms with Gasteiger partial charge in [0.15, 0.2) is 0 Å². The lowest BCUT2D eigenvalue weighted by molar-refractivity contribution is 0.0752. The van der Waals surface area contributed by atoms with Crippen molar-refractivity contribution in [3.63, 3.8) is 0 Å². The first-order valence-electron chi connectivity index (χ1n) is 5.50. The minimum atomic E-state index is -2.17. The van der Waals surface area contributed by atoms with Crippen molar-refractivity contribution in [3.05, 3.63) is 0 Å². The highest BCUT2D eigenvalue weighted by atomic mass is 31.2. The summed E-state index contributed by atoms with van der Waals surface area (Å²) in [4.78, 5) is 17.6. The van der Waals surface area contributed by atoms with Gasteiger partial charge in [-0.25, -0.2) is 0 Å². The van der Waals surface area contributed by atoms with Crippen LogP contribution in [0.25, 0.3) is 0 Å². The second-order valence-electron chi connectivity index (χ2n) is 4.24. The van der Waals surface area contributed by atoms with Gasteiger partial charge in [0, 0.05) is 0 Å². The number of rotatable bonds is 4. The molecule has 1 rings (SSSR count). The molecule has 2 N–H and O–H groups in total. The maximum Gasteiger partial charge on any atom is 0.327 e. The Kier molecular flexibility index (Phi) is 5.32. The Bertz CT molecular complexity index is 151. The van der Waals surface area contributed by atoms with Crippen LogP contribution in [0, 0.1) is 11.8 Å². The van der Waals surface area contributed by atoms with E-state index in [0.29, 0.717) is 11.8 Å². The zero-order chi connectivity index (χ0) is 10.6. The molecule has 1 aliphatic carbocycles. The van der Waals surface area contributed by atoms with Gasteiger partial charge in [0.2, 0.25) is 0 Å². The largest absolute Gasteiger partial charge is 0.328 e. The first kappa shape index (κ1) is 12.4. The number of hydrogen-bond acceptors (Lipinski definition) is 3. The fraction of sp³-hybridized carbons (Fsp3) is 1.00. The first-order valence-corrected chi connectivity index (χ1v) is 6.66. The highest BCUT2D eigenvalue weighted by molar-refractivity contribution is 7.39. The predicted molar refractivity (Wildman–Crippen MR) is 57.6 cm³/mol. The van der Waals surface area contributed by atoms with Gasteiger partial charge in [0.1, 0.15) is 0 Å². The van der Waals surface area contributed by atoms with Gasteiger partial charge < -0.3 is 14.3 Å². The zero-order valence-corrected chi connectivity index (χ0v) is 9.91. The van der Waals surface area contributed by atoms with E-state index < -0.39 is 8.60 Å². The SMILES string of the molecule is CC[C@@H]1C[C@H](CC)C[C@H](OP(O)O)C1. The minimum absolute atomic E-state index is 0.0692. The summed E-state index contributed by atoms with van der Waals surface area (Å²) in [6.45, 7) is 4.39. The molecule has 3 nitrogen and oxygen atoms in total. The lowest BCUT2D eigenvalue weighted by atomic mass is 9.77. The molecule has 1 aliphatic rings. The molecule has 0 heterocycles. The van der Waals surface area contributed by atoms with Crippen molar-refractivity contribution < 1.29 is 14.3 Å². The first-order chi connectivity index (χ1) is 6.65. The van der Waals surface area contributed by atoms with E-state index in [0.717, 1.165) is 12.8 Å². The Balaban J connectivity index is 2.42. The van der Waals surface area contributed by atoms with Gasteiger partial charge in [-0.15, -0.1) is 0 Å². The molecular weight excluding hydrogens is 199 g/mol. The average Bonchev–Trinajstić information content (AvgIpc) is 2.16. The van der Waals surface area contributed by atoms with Gasteiger partial charge in [-0.05, 0) is 31.1 Å². The van der Waals surface area contributed by atoms with Crippen molar-refractivity contribution >= 4 is 8.60 Å². The molecule has 0 spiro atoms. The van der Waals surface area contributed by atoms with Crippen molar-refractivity contribution in [2.45, 2.75) is 52.1 Å². The van der Waals surface area contributed by atoms with E-state index in [1.54, 1.807) is 0 Å². The monoisotopic (exact) mass is 220 g/mol. The van der Waals surface area contributed by atoms with Crippen LogP contribution >= 0.6 is 8.60 Å². The molecule has 1 fully saturated rings. The molecule has 0 radical (unpaired) electrons. The fourth-order valence-electron chi connectivity index (χ4n) is 2.39. The molecular formula is C10H21O3P. The van der Waals surface area contributed by atoms with E-state index in [1.165, 1.54) is 19.3 Å². The van der Waals surface area contributed by atoms with Gasteiger partial charge in [0.25, 0.3) is 0 Å². The molecule has 0 amide bonds. The topological polar surface area (TPSA) is 49.7 Å². The molecule has 0 aromatic carbocycles. The van der Waals surface area contributed by atoms with Crippen LogP contribution in [-0.4, -0.2) is 15.9 Å². The molecule has 84 valence electrons. The zero-order valence-electron chi connectivity index (χ0n) is 9.02. The van der Waals surface area contributed by atoms with E-state index >= 15 is 0 Å². The van der Waals surface area contributed by atoms with Crippen molar-refractivity contribution in [3.8, 4) is 0 Å². The van der Waals surface area contributed by atoms with Gasteiger partial charge in [-0.3, -0.25) is 0 Å². The van der Waals surface area contributed by atoms with Gasteiger partial charge in [-0.1, -0.05) is 26.7 Å². The van der Waals surface area contributed by atoms with Crippen LogP contribution < -0.4 is 0 Å². The minimum Gasteiger partial charge on any atom is -0.328 e. The van der Waals surface area contributed by atoms with Crippen LogP contribution in [0.5, 0.6) is 0 Å². The average molecular weight is 220 g/mol. The third-order valence-electron chi connectivity index (χ3n) is 3.26. The van der Waals surface area contributed by atoms with Gasteiger partial charge in [-0.2, -0.15) is 0 Å². The van der Waals surface area contributed by atoms with E-state index in [2.05, 4.69) is 13.8 Å². The highest BCUT2D eigenvalue weighted by Gasteiger charge is 2.28. The summed E-state index contributed by atoms with van der Waals surface area (Å²) in [5, 5.41) is 0. The van der Waals surface area contributed by atoms with Gasteiger partial charge >= 0.3 is 8.60 Å². The Hall–Kier alpha value is 0.310. The standard InChI is InChI=1S/C10H21O3P/c1-3-8-5-9(4-2)7-10(6-8)13-14(11)12/h8-12H,3-7H2,1-2H3/t8-,9+,10-. The van der Waals surface area contributed by atoms with Crippen molar-refractivity contribution in [2.24, 2.45) is 11.8 Å². The van der Waals surface area contributed by atoms with Crippen LogP contribution in [0.4, 0.5) is 0 Å².